The molecule has 0 aliphatic rings. The van der Waals surface area contributed by atoms with Gasteiger partial charge in [-0.3, -0.25) is 9.48 Å². The first-order valence-electron chi connectivity index (χ1n) is 8.25. The van der Waals surface area contributed by atoms with Crippen LogP contribution in [0.5, 0.6) is 0 Å². The van der Waals surface area contributed by atoms with Crippen LogP contribution in [0.1, 0.15) is 5.56 Å². The second-order valence-corrected chi connectivity index (χ2v) is 6.82. The van der Waals surface area contributed by atoms with Gasteiger partial charge in [0, 0.05) is 36.1 Å². The molecule has 0 bridgehead atoms. The van der Waals surface area contributed by atoms with Gasteiger partial charge >= 0.3 is 0 Å². The van der Waals surface area contributed by atoms with Gasteiger partial charge in [0.15, 0.2) is 0 Å². The van der Waals surface area contributed by atoms with Crippen LogP contribution in [0.25, 0.3) is 10.9 Å². The lowest BCUT2D eigenvalue weighted by molar-refractivity contribution is 0.303. The highest BCUT2D eigenvalue weighted by Crippen LogP contribution is 2.17. The van der Waals surface area contributed by atoms with Crippen LogP contribution >= 0.6 is 11.6 Å². The van der Waals surface area contributed by atoms with Gasteiger partial charge in [0.05, 0.1) is 18.6 Å². The third-order valence-electron chi connectivity index (χ3n) is 4.17. The van der Waals surface area contributed by atoms with Gasteiger partial charge in [-0.25, -0.2) is 4.39 Å². The zero-order valence-corrected chi connectivity index (χ0v) is 15.3. The van der Waals surface area contributed by atoms with Crippen LogP contribution in [0.15, 0.2) is 59.1 Å². The van der Waals surface area contributed by atoms with Crippen molar-refractivity contribution in [2.45, 2.75) is 19.6 Å². The molecular weight excluding hydrogens is 355 g/mol. The average Bonchev–Trinajstić information content (AvgIpc) is 3.10. The van der Waals surface area contributed by atoms with Crippen molar-refractivity contribution >= 4 is 22.5 Å². The van der Waals surface area contributed by atoms with E-state index in [0.29, 0.717) is 22.7 Å². The largest absolute Gasteiger partial charge is 0.303 e. The van der Waals surface area contributed by atoms with Gasteiger partial charge < -0.3 is 9.47 Å². The molecule has 0 aliphatic carbocycles. The van der Waals surface area contributed by atoms with E-state index in [4.69, 9.17) is 11.6 Å². The number of hydrogen-bond acceptors (Lipinski definition) is 3. The average molecular weight is 375 g/mol. The van der Waals surface area contributed by atoms with Crippen molar-refractivity contribution in [1.82, 2.24) is 19.2 Å². The smallest absolute Gasteiger partial charge is 0.255 e. The Morgan fingerprint density at radius 3 is 2.88 bits per heavy atom. The molecule has 2 heterocycles. The standard InChI is InChI=1S/C19H20ClFN4O/c1-14(20)12-25-18-11-17(21)5-4-15(18)10-16(19(25)26)13-23(2)8-9-24-7-3-6-22-24/h3-7,10-11H,1,8-9,12-13H2,2H3. The molecule has 0 spiro atoms. The molecule has 0 saturated heterocycles. The number of halogens is 2. The van der Waals surface area contributed by atoms with Crippen molar-refractivity contribution < 1.29 is 4.39 Å². The molecule has 0 radical (unpaired) electrons. The Hall–Kier alpha value is -2.44. The van der Waals surface area contributed by atoms with Crippen LogP contribution < -0.4 is 5.56 Å². The first kappa shape index (κ1) is 18.4. The number of nitrogens with zero attached hydrogens (tertiary/aromatic N) is 4. The third kappa shape index (κ3) is 4.20. The number of hydrogen-bond donors (Lipinski definition) is 0. The molecule has 136 valence electrons. The predicted molar refractivity (Wildman–Crippen MR) is 102 cm³/mol. The maximum atomic E-state index is 13.6. The van der Waals surface area contributed by atoms with Crippen molar-refractivity contribution in [2.24, 2.45) is 0 Å². The summed E-state index contributed by atoms with van der Waals surface area (Å²) in [5.74, 6) is -0.394. The van der Waals surface area contributed by atoms with Gasteiger partial charge in [-0.15, -0.1) is 0 Å². The van der Waals surface area contributed by atoms with Gasteiger partial charge in [0.2, 0.25) is 0 Å². The molecule has 7 heteroatoms. The summed E-state index contributed by atoms with van der Waals surface area (Å²) in [5.41, 5.74) is 0.959. The minimum absolute atomic E-state index is 0.144. The van der Waals surface area contributed by atoms with E-state index in [1.807, 2.05) is 35.0 Å². The van der Waals surface area contributed by atoms with E-state index in [1.54, 1.807) is 12.3 Å². The van der Waals surface area contributed by atoms with Crippen molar-refractivity contribution in [3.8, 4) is 0 Å². The highest BCUT2D eigenvalue weighted by Gasteiger charge is 2.12. The molecule has 0 saturated carbocycles. The first-order valence-corrected chi connectivity index (χ1v) is 8.63. The van der Waals surface area contributed by atoms with Crippen LogP contribution in [0, 0.1) is 5.82 Å². The van der Waals surface area contributed by atoms with E-state index in [1.165, 1.54) is 16.7 Å². The molecule has 0 aliphatic heterocycles. The fraction of sp³-hybridized carbons (Fsp3) is 0.263. The molecule has 2 aromatic heterocycles. The van der Waals surface area contributed by atoms with Crippen LogP contribution in [0.3, 0.4) is 0 Å². The number of aromatic nitrogens is 3. The Morgan fingerprint density at radius 1 is 1.38 bits per heavy atom. The molecule has 3 aromatic rings. The summed E-state index contributed by atoms with van der Waals surface area (Å²) in [6.45, 7) is 5.75. The topological polar surface area (TPSA) is 43.1 Å². The molecule has 0 atom stereocenters. The van der Waals surface area contributed by atoms with Gasteiger partial charge in [-0.2, -0.15) is 5.10 Å². The highest BCUT2D eigenvalue weighted by molar-refractivity contribution is 6.29. The van der Waals surface area contributed by atoms with Gasteiger partial charge in [-0.05, 0) is 42.8 Å². The monoisotopic (exact) mass is 374 g/mol. The first-order chi connectivity index (χ1) is 12.4. The summed E-state index contributed by atoms with van der Waals surface area (Å²) in [6, 6.07) is 8.10. The normalized spacial score (nSPS) is 11.4. The quantitative estimate of drug-likeness (QED) is 0.637. The predicted octanol–water partition coefficient (Wildman–Crippen LogP) is 3.22. The molecule has 3 rings (SSSR count). The van der Waals surface area contributed by atoms with E-state index in [2.05, 4.69) is 11.7 Å². The Balaban J connectivity index is 1.90. The number of allylic oxidation sites excluding steroid dienone is 1. The fourth-order valence-corrected chi connectivity index (χ4v) is 3.04. The summed E-state index contributed by atoms with van der Waals surface area (Å²) in [7, 11) is 1.95. The lowest BCUT2D eigenvalue weighted by atomic mass is 10.1. The zero-order valence-electron chi connectivity index (χ0n) is 14.5. The van der Waals surface area contributed by atoms with Crippen LogP contribution in [0.2, 0.25) is 0 Å². The Kier molecular flexibility index (Phi) is 5.54. The van der Waals surface area contributed by atoms with Gasteiger partial charge in [-0.1, -0.05) is 18.2 Å². The SMILES string of the molecule is C=C(Cl)Cn1c(=O)c(CN(C)CCn2cccn2)cc2ccc(F)cc21. The third-order valence-corrected chi connectivity index (χ3v) is 4.29. The second-order valence-electron chi connectivity index (χ2n) is 6.29. The molecular formula is C19H20ClFN4O. The van der Waals surface area contributed by atoms with E-state index in [-0.39, 0.29) is 12.1 Å². The van der Waals surface area contributed by atoms with Crippen LogP contribution in [-0.4, -0.2) is 32.8 Å². The molecule has 0 amide bonds. The molecule has 0 unspecified atom stereocenters. The second kappa shape index (κ2) is 7.85. The van der Waals surface area contributed by atoms with Crippen molar-refractivity contribution in [2.75, 3.05) is 13.6 Å². The molecule has 0 N–H and O–H groups in total. The molecule has 5 nitrogen and oxygen atoms in total. The summed E-state index contributed by atoms with van der Waals surface area (Å²) in [6.07, 6.45) is 3.64. The van der Waals surface area contributed by atoms with Crippen LogP contribution in [-0.2, 0) is 19.6 Å². The summed E-state index contributed by atoms with van der Waals surface area (Å²) < 4.78 is 17.0. The Morgan fingerprint density at radius 2 is 2.19 bits per heavy atom. The number of benzene rings is 1. The Bertz CT molecular complexity index is 981. The van der Waals surface area contributed by atoms with Gasteiger partial charge in [0.25, 0.3) is 5.56 Å². The summed E-state index contributed by atoms with van der Waals surface area (Å²) in [4.78, 5) is 14.9. The highest BCUT2D eigenvalue weighted by atomic mass is 35.5. The lowest BCUT2D eigenvalue weighted by Gasteiger charge is -2.18. The minimum atomic E-state index is -0.394. The zero-order chi connectivity index (χ0) is 18.7. The van der Waals surface area contributed by atoms with Crippen molar-refractivity contribution in [3.05, 3.63) is 76.1 Å². The summed E-state index contributed by atoms with van der Waals surface area (Å²) in [5, 5.41) is 5.29. The van der Waals surface area contributed by atoms with Gasteiger partial charge in [0.1, 0.15) is 5.82 Å². The summed E-state index contributed by atoms with van der Waals surface area (Å²) >= 11 is 5.92. The van der Waals surface area contributed by atoms with E-state index in [9.17, 15) is 9.18 Å². The fourth-order valence-electron chi connectivity index (χ4n) is 2.92. The van der Waals surface area contributed by atoms with Crippen molar-refractivity contribution in [1.29, 1.82) is 0 Å². The van der Waals surface area contributed by atoms with Crippen molar-refractivity contribution in [3.63, 3.8) is 0 Å². The minimum Gasteiger partial charge on any atom is -0.303 e. The number of pyridine rings is 1. The molecule has 26 heavy (non-hydrogen) atoms. The molecule has 1 aromatic carbocycles. The maximum Gasteiger partial charge on any atom is 0.255 e. The molecule has 0 fully saturated rings. The van der Waals surface area contributed by atoms with E-state index in [0.717, 1.165) is 18.5 Å². The number of likely N-dealkylation sites (N-methyl/N-ethyl adjacent to an activating group) is 1. The maximum absolute atomic E-state index is 13.6. The number of rotatable bonds is 7. The number of fused-ring (bicyclic) bond motifs is 1. The van der Waals surface area contributed by atoms with E-state index < -0.39 is 5.82 Å². The van der Waals surface area contributed by atoms with Crippen LogP contribution in [0.4, 0.5) is 4.39 Å². The van der Waals surface area contributed by atoms with E-state index >= 15 is 0 Å². The Labute approximate surface area is 155 Å². The lowest BCUT2D eigenvalue weighted by Crippen LogP contribution is -2.30.